The molecule has 0 aromatic heterocycles. The number of halogens is 1. The van der Waals surface area contributed by atoms with Crippen molar-refractivity contribution in [3.8, 4) is 0 Å². The van der Waals surface area contributed by atoms with Gasteiger partial charge in [-0.1, -0.05) is 18.5 Å². The van der Waals surface area contributed by atoms with E-state index in [9.17, 15) is 13.2 Å². The molecule has 1 rings (SSSR count). The number of benzene rings is 1. The smallest absolute Gasteiger partial charge is 0.254 e. The molecule has 112 valence electrons. The van der Waals surface area contributed by atoms with Crippen LogP contribution in [-0.2, 0) is 10.0 Å². The normalized spacial score (nSPS) is 12.3. The Kier molecular flexibility index (Phi) is 4.84. The molecule has 7 heteroatoms. The Hall–Kier alpha value is -1.11. The monoisotopic (exact) mass is 318 g/mol. The van der Waals surface area contributed by atoms with E-state index in [-0.39, 0.29) is 26.9 Å². The summed E-state index contributed by atoms with van der Waals surface area (Å²) < 4.78 is 22.8. The van der Waals surface area contributed by atoms with Crippen LogP contribution in [0.2, 0.25) is 5.02 Å². The number of rotatable bonds is 4. The second-order valence-corrected chi connectivity index (χ2v) is 7.25. The van der Waals surface area contributed by atoms with Crippen LogP contribution in [0.25, 0.3) is 0 Å². The first kappa shape index (κ1) is 16.9. The Morgan fingerprint density at radius 2 is 1.90 bits per heavy atom. The van der Waals surface area contributed by atoms with Gasteiger partial charge in [0.1, 0.15) is 0 Å². The van der Waals surface area contributed by atoms with Gasteiger partial charge in [-0.05, 0) is 38.5 Å². The van der Waals surface area contributed by atoms with E-state index in [1.165, 1.54) is 18.2 Å². The fourth-order valence-electron chi connectivity index (χ4n) is 1.56. The first-order chi connectivity index (χ1) is 8.99. The van der Waals surface area contributed by atoms with Crippen molar-refractivity contribution in [3.05, 3.63) is 28.8 Å². The number of carbonyl (C=O) groups is 1. The van der Waals surface area contributed by atoms with Crippen LogP contribution in [0.1, 0.15) is 37.6 Å². The van der Waals surface area contributed by atoms with E-state index in [1.807, 2.05) is 20.8 Å². The molecule has 0 aliphatic carbocycles. The summed E-state index contributed by atoms with van der Waals surface area (Å²) in [5, 5.41) is 5.23. The summed E-state index contributed by atoms with van der Waals surface area (Å²) >= 11 is 5.86. The van der Waals surface area contributed by atoms with Gasteiger partial charge in [-0.2, -0.15) is 0 Å². The van der Waals surface area contributed by atoms with Gasteiger partial charge in [-0.25, -0.2) is 13.6 Å². The van der Waals surface area contributed by atoms with Crippen molar-refractivity contribution in [1.82, 2.24) is 4.90 Å². The van der Waals surface area contributed by atoms with Crippen LogP contribution in [0.5, 0.6) is 0 Å². The highest BCUT2D eigenvalue weighted by molar-refractivity contribution is 7.89. The number of carbonyl (C=O) groups excluding carboxylic acids is 1. The summed E-state index contributed by atoms with van der Waals surface area (Å²) in [7, 11) is -2.23. The minimum Gasteiger partial charge on any atom is -0.337 e. The zero-order valence-corrected chi connectivity index (χ0v) is 13.5. The van der Waals surface area contributed by atoms with Crippen molar-refractivity contribution in [2.24, 2.45) is 5.14 Å². The highest BCUT2D eigenvalue weighted by Crippen LogP contribution is 2.23. The molecule has 1 amide bonds. The number of nitrogens with zero attached hydrogens (tertiary/aromatic N) is 1. The number of nitrogens with two attached hydrogens (primary N) is 1. The molecule has 0 atom stereocenters. The highest BCUT2D eigenvalue weighted by atomic mass is 35.5. The van der Waals surface area contributed by atoms with Gasteiger partial charge < -0.3 is 4.90 Å². The van der Waals surface area contributed by atoms with E-state index in [1.54, 1.807) is 11.9 Å². The van der Waals surface area contributed by atoms with E-state index in [2.05, 4.69) is 0 Å². The van der Waals surface area contributed by atoms with Gasteiger partial charge in [0.2, 0.25) is 10.0 Å². The average Bonchev–Trinajstić information content (AvgIpc) is 2.35. The van der Waals surface area contributed by atoms with Crippen LogP contribution >= 0.6 is 11.6 Å². The quantitative estimate of drug-likeness (QED) is 0.924. The van der Waals surface area contributed by atoms with Gasteiger partial charge in [-0.15, -0.1) is 0 Å². The maximum Gasteiger partial charge on any atom is 0.254 e. The third-order valence-corrected chi connectivity index (χ3v) is 4.64. The van der Waals surface area contributed by atoms with Crippen LogP contribution < -0.4 is 5.14 Å². The van der Waals surface area contributed by atoms with Crippen LogP contribution in [0.15, 0.2) is 23.1 Å². The van der Waals surface area contributed by atoms with Gasteiger partial charge in [0, 0.05) is 23.2 Å². The molecule has 0 heterocycles. The lowest BCUT2D eigenvalue weighted by molar-refractivity contribution is 0.0620. The molecule has 0 unspecified atom stereocenters. The minimum atomic E-state index is -3.90. The summed E-state index contributed by atoms with van der Waals surface area (Å²) in [5.74, 6) is -0.302. The summed E-state index contributed by atoms with van der Waals surface area (Å²) in [4.78, 5) is 13.8. The van der Waals surface area contributed by atoms with Crippen LogP contribution in [0.4, 0.5) is 0 Å². The molecular formula is C13H19ClN2O3S. The predicted molar refractivity (Wildman–Crippen MR) is 79.3 cm³/mol. The van der Waals surface area contributed by atoms with Crippen LogP contribution in [-0.4, -0.2) is 31.8 Å². The predicted octanol–water partition coefficient (Wildman–Crippen LogP) is 2.25. The van der Waals surface area contributed by atoms with Crippen molar-refractivity contribution in [2.75, 3.05) is 7.05 Å². The summed E-state index contributed by atoms with van der Waals surface area (Å²) in [6.45, 7) is 5.82. The lowest BCUT2D eigenvalue weighted by atomic mass is 9.99. The van der Waals surface area contributed by atoms with Gasteiger partial charge >= 0.3 is 0 Å². The lowest BCUT2D eigenvalue weighted by Crippen LogP contribution is -2.44. The Morgan fingerprint density at radius 1 is 1.35 bits per heavy atom. The van der Waals surface area contributed by atoms with E-state index in [0.29, 0.717) is 0 Å². The fraction of sp³-hybridized carbons (Fsp3) is 0.462. The van der Waals surface area contributed by atoms with E-state index < -0.39 is 10.0 Å². The topological polar surface area (TPSA) is 80.5 Å². The molecule has 1 aromatic rings. The molecule has 0 radical (unpaired) electrons. The molecule has 0 aliphatic rings. The average molecular weight is 319 g/mol. The van der Waals surface area contributed by atoms with E-state index in [4.69, 9.17) is 16.7 Å². The molecule has 0 aliphatic heterocycles. The Bertz CT molecular complexity index is 627. The molecule has 5 nitrogen and oxygen atoms in total. The molecule has 0 bridgehead atoms. The zero-order valence-electron chi connectivity index (χ0n) is 12.0. The minimum absolute atomic E-state index is 0.155. The van der Waals surface area contributed by atoms with Gasteiger partial charge in [-0.3, -0.25) is 4.79 Å². The van der Waals surface area contributed by atoms with E-state index in [0.717, 1.165) is 6.42 Å². The fourth-order valence-corrected chi connectivity index (χ4v) is 2.44. The molecule has 0 saturated carbocycles. The summed E-state index contributed by atoms with van der Waals surface area (Å²) in [5.41, 5.74) is -0.146. The third-order valence-electron chi connectivity index (χ3n) is 3.52. The van der Waals surface area contributed by atoms with E-state index >= 15 is 0 Å². The van der Waals surface area contributed by atoms with Crippen molar-refractivity contribution in [2.45, 2.75) is 37.6 Å². The number of sulfonamides is 1. The zero-order chi connectivity index (χ0) is 15.7. The number of amides is 1. The van der Waals surface area contributed by atoms with Crippen LogP contribution in [0, 0.1) is 0 Å². The van der Waals surface area contributed by atoms with Gasteiger partial charge in [0.15, 0.2) is 0 Å². The number of primary sulfonamides is 1. The largest absolute Gasteiger partial charge is 0.337 e. The maximum atomic E-state index is 12.4. The first-order valence-corrected chi connectivity index (χ1v) is 8.03. The van der Waals surface area contributed by atoms with Gasteiger partial charge in [0.05, 0.1) is 4.90 Å². The summed E-state index contributed by atoms with van der Waals surface area (Å²) in [6.07, 6.45) is 0.762. The first-order valence-electron chi connectivity index (χ1n) is 6.10. The second kappa shape index (κ2) is 5.71. The van der Waals surface area contributed by atoms with Crippen molar-refractivity contribution in [3.63, 3.8) is 0 Å². The number of hydrogen-bond acceptors (Lipinski definition) is 3. The molecule has 0 saturated heterocycles. The third kappa shape index (κ3) is 3.71. The van der Waals surface area contributed by atoms with Crippen molar-refractivity contribution >= 4 is 27.5 Å². The molecule has 20 heavy (non-hydrogen) atoms. The van der Waals surface area contributed by atoms with Crippen LogP contribution in [0.3, 0.4) is 0 Å². The van der Waals surface area contributed by atoms with Crippen molar-refractivity contribution < 1.29 is 13.2 Å². The molecule has 1 aromatic carbocycles. The van der Waals surface area contributed by atoms with Gasteiger partial charge in [0.25, 0.3) is 5.91 Å². The Labute approximate surface area is 124 Å². The SMILES string of the molecule is CCC(C)(C)N(C)C(=O)c1cc(Cl)cc(S(N)(=O)=O)c1. The molecule has 0 spiro atoms. The standard InChI is InChI=1S/C13H19ClN2O3S/c1-5-13(2,3)16(4)12(17)9-6-10(14)8-11(7-9)20(15,18)19/h6-8H,5H2,1-4H3,(H2,15,18,19). The summed E-state index contributed by atoms with van der Waals surface area (Å²) in [6, 6.07) is 3.89. The lowest BCUT2D eigenvalue weighted by Gasteiger charge is -2.35. The number of hydrogen-bond donors (Lipinski definition) is 1. The molecule has 0 fully saturated rings. The second-order valence-electron chi connectivity index (χ2n) is 5.25. The highest BCUT2D eigenvalue weighted by Gasteiger charge is 2.27. The Morgan fingerprint density at radius 3 is 2.35 bits per heavy atom. The molecule has 2 N–H and O–H groups in total. The molecular weight excluding hydrogens is 300 g/mol. The maximum absolute atomic E-state index is 12.4. The van der Waals surface area contributed by atoms with Crippen molar-refractivity contribution in [1.29, 1.82) is 0 Å². The Balaban J connectivity index is 3.28.